The summed E-state index contributed by atoms with van der Waals surface area (Å²) in [6.45, 7) is 0. The van der Waals surface area contributed by atoms with Gasteiger partial charge < -0.3 is 19.9 Å². The van der Waals surface area contributed by atoms with Gasteiger partial charge in [0.25, 0.3) is 0 Å². The number of rotatable bonds is 9. The van der Waals surface area contributed by atoms with E-state index in [0.717, 1.165) is 35.5 Å². The Balaban J connectivity index is 1.86. The first-order chi connectivity index (χ1) is 12.7. The largest absolute Gasteiger partial charge is 0.497 e. The standard InChI is InChI=1S/C20H24N2O4/c1-25-17-11-7-15(8-12-17)19(21-23)5-3-4-6-20(22-24)16-9-13-18(26-2)14-10-16/h7-14,23-24H,3-6H2,1-2H3/b21-19-,22-20-. The van der Waals surface area contributed by atoms with Gasteiger partial charge in [-0.05, 0) is 85.3 Å². The number of nitrogens with zero attached hydrogens (tertiary/aromatic N) is 2. The van der Waals surface area contributed by atoms with Crippen LogP contribution in [0.1, 0.15) is 36.8 Å². The molecule has 0 aliphatic carbocycles. The molecule has 6 nitrogen and oxygen atoms in total. The van der Waals surface area contributed by atoms with Crippen LogP contribution in [-0.4, -0.2) is 36.1 Å². The zero-order valence-corrected chi connectivity index (χ0v) is 15.1. The fraction of sp³-hybridized carbons (Fsp3) is 0.300. The van der Waals surface area contributed by atoms with Gasteiger partial charge in [-0.25, -0.2) is 0 Å². The topological polar surface area (TPSA) is 83.6 Å². The third-order valence-electron chi connectivity index (χ3n) is 4.17. The molecule has 0 aromatic heterocycles. The monoisotopic (exact) mass is 356 g/mol. The highest BCUT2D eigenvalue weighted by molar-refractivity contribution is 6.01. The Morgan fingerprint density at radius 1 is 0.692 bits per heavy atom. The summed E-state index contributed by atoms with van der Waals surface area (Å²) in [6.07, 6.45) is 2.87. The Morgan fingerprint density at radius 2 is 1.04 bits per heavy atom. The first-order valence-corrected chi connectivity index (χ1v) is 8.42. The summed E-state index contributed by atoms with van der Waals surface area (Å²) in [4.78, 5) is 0. The molecule has 138 valence electrons. The van der Waals surface area contributed by atoms with Gasteiger partial charge >= 0.3 is 0 Å². The second kappa shape index (κ2) is 10.1. The minimum absolute atomic E-state index is 0.625. The van der Waals surface area contributed by atoms with E-state index < -0.39 is 0 Å². The third kappa shape index (κ3) is 5.24. The van der Waals surface area contributed by atoms with Crippen LogP contribution in [0.3, 0.4) is 0 Å². The molecular weight excluding hydrogens is 332 g/mol. The van der Waals surface area contributed by atoms with Crippen LogP contribution in [0.15, 0.2) is 58.8 Å². The summed E-state index contributed by atoms with van der Waals surface area (Å²) < 4.78 is 10.3. The zero-order valence-electron chi connectivity index (χ0n) is 15.1. The zero-order chi connectivity index (χ0) is 18.8. The number of benzene rings is 2. The Bertz CT molecular complexity index is 672. The molecule has 2 aromatic rings. The number of ether oxygens (including phenoxy) is 2. The highest BCUT2D eigenvalue weighted by Gasteiger charge is 2.08. The van der Waals surface area contributed by atoms with Gasteiger partial charge in [0.15, 0.2) is 0 Å². The van der Waals surface area contributed by atoms with Crippen molar-refractivity contribution in [3.8, 4) is 11.5 Å². The van der Waals surface area contributed by atoms with E-state index >= 15 is 0 Å². The van der Waals surface area contributed by atoms with Gasteiger partial charge in [0.05, 0.1) is 25.6 Å². The van der Waals surface area contributed by atoms with E-state index in [2.05, 4.69) is 10.3 Å². The van der Waals surface area contributed by atoms with Crippen molar-refractivity contribution in [2.75, 3.05) is 14.2 Å². The molecule has 0 saturated heterocycles. The maximum atomic E-state index is 9.27. The summed E-state index contributed by atoms with van der Waals surface area (Å²) in [6, 6.07) is 14.8. The number of unbranched alkanes of at least 4 members (excludes halogenated alkanes) is 1. The van der Waals surface area contributed by atoms with Gasteiger partial charge in [-0.2, -0.15) is 0 Å². The smallest absolute Gasteiger partial charge is 0.118 e. The predicted octanol–water partition coefficient (Wildman–Crippen LogP) is 4.32. The number of methoxy groups -OCH3 is 2. The lowest BCUT2D eigenvalue weighted by atomic mass is 10.0. The molecule has 0 aliphatic rings. The molecule has 0 fully saturated rings. The molecule has 2 N–H and O–H groups in total. The second-order valence-corrected chi connectivity index (χ2v) is 5.76. The molecule has 0 saturated carbocycles. The van der Waals surface area contributed by atoms with Gasteiger partial charge in [-0.1, -0.05) is 10.3 Å². The van der Waals surface area contributed by atoms with Gasteiger partial charge in [-0.3, -0.25) is 0 Å². The van der Waals surface area contributed by atoms with Crippen molar-refractivity contribution in [2.24, 2.45) is 10.3 Å². The van der Waals surface area contributed by atoms with Crippen LogP contribution in [0.4, 0.5) is 0 Å². The Kier molecular flexibility index (Phi) is 7.49. The van der Waals surface area contributed by atoms with Gasteiger partial charge in [0.2, 0.25) is 0 Å². The molecule has 0 atom stereocenters. The van der Waals surface area contributed by atoms with Crippen molar-refractivity contribution in [1.82, 2.24) is 0 Å². The Morgan fingerprint density at radius 3 is 1.31 bits per heavy atom. The first-order valence-electron chi connectivity index (χ1n) is 8.42. The molecule has 6 heteroatoms. The Labute approximate surface area is 153 Å². The number of hydrogen-bond acceptors (Lipinski definition) is 6. The van der Waals surface area contributed by atoms with Crippen LogP contribution < -0.4 is 9.47 Å². The average Bonchev–Trinajstić information content (AvgIpc) is 2.71. The normalized spacial score (nSPS) is 12.1. The lowest BCUT2D eigenvalue weighted by Crippen LogP contribution is -2.04. The van der Waals surface area contributed by atoms with Crippen molar-refractivity contribution < 1.29 is 19.9 Å². The number of hydrogen-bond donors (Lipinski definition) is 2. The SMILES string of the molecule is COc1ccc(/C(CCCC/C(=N/O)c2ccc(OC)cc2)=N\O)cc1. The molecule has 0 aliphatic heterocycles. The minimum Gasteiger partial charge on any atom is -0.497 e. The summed E-state index contributed by atoms with van der Waals surface area (Å²) >= 11 is 0. The molecule has 2 aromatic carbocycles. The number of oxime groups is 2. The summed E-state index contributed by atoms with van der Waals surface area (Å²) in [5.74, 6) is 1.52. The van der Waals surface area contributed by atoms with Crippen molar-refractivity contribution in [2.45, 2.75) is 25.7 Å². The molecule has 0 spiro atoms. The molecular formula is C20H24N2O4. The lowest BCUT2D eigenvalue weighted by molar-refractivity contribution is 0.316. The summed E-state index contributed by atoms with van der Waals surface area (Å²) in [5, 5.41) is 25.4. The fourth-order valence-corrected chi connectivity index (χ4v) is 2.66. The highest BCUT2D eigenvalue weighted by atomic mass is 16.5. The first kappa shape index (κ1) is 19.3. The van der Waals surface area contributed by atoms with E-state index in [4.69, 9.17) is 9.47 Å². The predicted molar refractivity (Wildman–Crippen MR) is 101 cm³/mol. The van der Waals surface area contributed by atoms with E-state index in [1.54, 1.807) is 14.2 Å². The van der Waals surface area contributed by atoms with Crippen molar-refractivity contribution >= 4 is 11.4 Å². The molecule has 0 bridgehead atoms. The van der Waals surface area contributed by atoms with E-state index in [0.29, 0.717) is 24.3 Å². The van der Waals surface area contributed by atoms with Crippen molar-refractivity contribution in [3.63, 3.8) is 0 Å². The molecule has 26 heavy (non-hydrogen) atoms. The van der Waals surface area contributed by atoms with E-state index in [9.17, 15) is 10.4 Å². The van der Waals surface area contributed by atoms with Crippen LogP contribution >= 0.6 is 0 Å². The summed E-state index contributed by atoms with van der Waals surface area (Å²) in [7, 11) is 3.22. The van der Waals surface area contributed by atoms with E-state index in [1.165, 1.54) is 0 Å². The Hall–Kier alpha value is -3.02. The maximum absolute atomic E-state index is 9.27. The van der Waals surface area contributed by atoms with Crippen LogP contribution in [-0.2, 0) is 0 Å². The third-order valence-corrected chi connectivity index (χ3v) is 4.17. The van der Waals surface area contributed by atoms with Crippen molar-refractivity contribution in [3.05, 3.63) is 59.7 Å². The van der Waals surface area contributed by atoms with Crippen LogP contribution in [0.2, 0.25) is 0 Å². The van der Waals surface area contributed by atoms with Crippen LogP contribution in [0.25, 0.3) is 0 Å². The molecule has 2 rings (SSSR count). The van der Waals surface area contributed by atoms with Gasteiger partial charge in [-0.15, -0.1) is 0 Å². The molecule has 0 unspecified atom stereocenters. The quantitative estimate of drug-likeness (QED) is 0.303. The van der Waals surface area contributed by atoms with Crippen molar-refractivity contribution in [1.29, 1.82) is 0 Å². The van der Waals surface area contributed by atoms with Gasteiger partial charge in [0.1, 0.15) is 11.5 Å². The second-order valence-electron chi connectivity index (χ2n) is 5.76. The fourth-order valence-electron chi connectivity index (χ4n) is 2.66. The minimum atomic E-state index is 0.625. The average molecular weight is 356 g/mol. The van der Waals surface area contributed by atoms with Crippen LogP contribution in [0.5, 0.6) is 11.5 Å². The van der Waals surface area contributed by atoms with E-state index in [-0.39, 0.29) is 0 Å². The molecule has 0 heterocycles. The van der Waals surface area contributed by atoms with Gasteiger partial charge in [0, 0.05) is 0 Å². The maximum Gasteiger partial charge on any atom is 0.118 e. The van der Waals surface area contributed by atoms with Crippen LogP contribution in [0, 0.1) is 0 Å². The van der Waals surface area contributed by atoms with E-state index in [1.807, 2.05) is 48.5 Å². The molecule has 0 amide bonds. The highest BCUT2D eigenvalue weighted by Crippen LogP contribution is 2.17. The molecule has 0 radical (unpaired) electrons. The lowest BCUT2D eigenvalue weighted by Gasteiger charge is -2.08. The summed E-state index contributed by atoms with van der Waals surface area (Å²) in [5.41, 5.74) is 2.97.